The standard InChI is InChI=1S/C18H25NO6/c1-2-3-4-7-13-24-17(20)11-8-12-18(21)25-14-15-9-5-6-10-16(15)19(22)23/h5-6,9-10H,2-4,7-8,11-14H2,1H3. The molecule has 0 atom stereocenters. The molecule has 0 saturated heterocycles. The van der Waals surface area contributed by atoms with Crippen LogP contribution < -0.4 is 0 Å². The summed E-state index contributed by atoms with van der Waals surface area (Å²) >= 11 is 0. The van der Waals surface area contributed by atoms with Crippen molar-refractivity contribution in [3.8, 4) is 0 Å². The Balaban J connectivity index is 2.19. The molecular formula is C18H25NO6. The predicted molar refractivity (Wildman–Crippen MR) is 91.8 cm³/mol. The summed E-state index contributed by atoms with van der Waals surface area (Å²) in [4.78, 5) is 33.5. The molecule has 1 aromatic carbocycles. The van der Waals surface area contributed by atoms with Gasteiger partial charge in [-0.05, 0) is 18.9 Å². The predicted octanol–water partition coefficient (Wildman–Crippen LogP) is 3.93. The van der Waals surface area contributed by atoms with Crippen molar-refractivity contribution in [2.75, 3.05) is 6.61 Å². The number of carbonyl (C=O) groups excluding carboxylic acids is 2. The third-order valence-corrected chi connectivity index (χ3v) is 3.60. The second kappa shape index (κ2) is 12.0. The zero-order valence-corrected chi connectivity index (χ0v) is 14.6. The number of nitrogens with zero attached hydrogens (tertiary/aromatic N) is 1. The lowest BCUT2D eigenvalue weighted by Crippen LogP contribution is -2.09. The summed E-state index contributed by atoms with van der Waals surface area (Å²) in [6, 6.07) is 6.10. The quantitative estimate of drug-likeness (QED) is 0.245. The summed E-state index contributed by atoms with van der Waals surface area (Å²) in [6.45, 7) is 2.37. The van der Waals surface area contributed by atoms with Crippen molar-refractivity contribution in [1.29, 1.82) is 0 Å². The Morgan fingerprint density at radius 3 is 2.36 bits per heavy atom. The fourth-order valence-electron chi connectivity index (χ4n) is 2.21. The number of rotatable bonds is 12. The van der Waals surface area contributed by atoms with Gasteiger partial charge in [-0.25, -0.2) is 0 Å². The average molecular weight is 351 g/mol. The molecule has 0 spiro atoms. The van der Waals surface area contributed by atoms with Crippen molar-refractivity contribution in [2.24, 2.45) is 0 Å². The summed E-state index contributed by atoms with van der Waals surface area (Å²) in [5.74, 6) is -0.808. The molecule has 7 heteroatoms. The van der Waals surface area contributed by atoms with E-state index in [1.807, 2.05) is 0 Å². The minimum atomic E-state index is -0.514. The summed E-state index contributed by atoms with van der Waals surface area (Å²) in [5.41, 5.74) is 0.259. The first-order valence-corrected chi connectivity index (χ1v) is 8.58. The van der Waals surface area contributed by atoms with Crippen LogP contribution in [0.5, 0.6) is 0 Å². The van der Waals surface area contributed by atoms with Crippen molar-refractivity contribution >= 4 is 17.6 Å². The van der Waals surface area contributed by atoms with E-state index in [1.165, 1.54) is 6.07 Å². The number of para-hydroxylation sites is 1. The summed E-state index contributed by atoms with van der Waals surface area (Å²) < 4.78 is 10.1. The zero-order valence-electron chi connectivity index (χ0n) is 14.6. The number of unbranched alkanes of at least 4 members (excludes halogenated alkanes) is 3. The number of hydrogen-bond acceptors (Lipinski definition) is 6. The number of esters is 2. The van der Waals surface area contributed by atoms with Crippen molar-refractivity contribution in [1.82, 2.24) is 0 Å². The van der Waals surface area contributed by atoms with E-state index in [4.69, 9.17) is 9.47 Å². The Morgan fingerprint density at radius 1 is 1.00 bits per heavy atom. The highest BCUT2D eigenvalue weighted by molar-refractivity contribution is 5.72. The second-order valence-corrected chi connectivity index (χ2v) is 5.68. The van der Waals surface area contributed by atoms with Crippen molar-refractivity contribution in [3.05, 3.63) is 39.9 Å². The van der Waals surface area contributed by atoms with Crippen LogP contribution in [0.1, 0.15) is 57.4 Å². The molecule has 0 aromatic heterocycles. The number of nitro groups is 1. The monoisotopic (exact) mass is 351 g/mol. The van der Waals surface area contributed by atoms with Crippen LogP contribution in [0, 0.1) is 10.1 Å². The van der Waals surface area contributed by atoms with Crippen molar-refractivity contribution < 1.29 is 24.0 Å². The second-order valence-electron chi connectivity index (χ2n) is 5.68. The zero-order chi connectivity index (χ0) is 18.5. The normalized spacial score (nSPS) is 10.3. The molecule has 0 fully saturated rings. The molecule has 0 N–H and O–H groups in total. The fourth-order valence-corrected chi connectivity index (χ4v) is 2.21. The summed E-state index contributed by atoms with van der Waals surface area (Å²) in [5, 5.41) is 10.9. The lowest BCUT2D eigenvalue weighted by atomic mass is 10.2. The third kappa shape index (κ3) is 8.83. The molecule has 1 aromatic rings. The molecule has 0 saturated carbocycles. The van der Waals surface area contributed by atoms with Crippen LogP contribution in [-0.4, -0.2) is 23.5 Å². The van der Waals surface area contributed by atoms with Gasteiger partial charge in [0, 0.05) is 18.9 Å². The first-order valence-electron chi connectivity index (χ1n) is 8.58. The molecule has 1 rings (SSSR count). The fraction of sp³-hybridized carbons (Fsp3) is 0.556. The van der Waals surface area contributed by atoms with E-state index < -0.39 is 10.9 Å². The molecule has 0 aliphatic rings. The molecule has 7 nitrogen and oxygen atoms in total. The van der Waals surface area contributed by atoms with E-state index in [1.54, 1.807) is 18.2 Å². The lowest BCUT2D eigenvalue weighted by molar-refractivity contribution is -0.385. The molecule has 25 heavy (non-hydrogen) atoms. The summed E-state index contributed by atoms with van der Waals surface area (Å²) in [7, 11) is 0. The van der Waals surface area contributed by atoms with Gasteiger partial charge in [-0.15, -0.1) is 0 Å². The molecule has 0 aliphatic carbocycles. The van der Waals surface area contributed by atoms with Gasteiger partial charge in [-0.1, -0.05) is 38.3 Å². The van der Waals surface area contributed by atoms with Gasteiger partial charge in [-0.3, -0.25) is 19.7 Å². The van der Waals surface area contributed by atoms with Crippen LogP contribution >= 0.6 is 0 Å². The van der Waals surface area contributed by atoms with Gasteiger partial charge < -0.3 is 9.47 Å². The van der Waals surface area contributed by atoms with Gasteiger partial charge in [0.25, 0.3) is 5.69 Å². The van der Waals surface area contributed by atoms with Crippen LogP contribution in [0.2, 0.25) is 0 Å². The number of nitro benzene ring substituents is 1. The van der Waals surface area contributed by atoms with E-state index in [2.05, 4.69) is 6.92 Å². The van der Waals surface area contributed by atoms with Crippen LogP contribution in [0.15, 0.2) is 24.3 Å². The molecule has 138 valence electrons. The molecule has 0 radical (unpaired) electrons. The number of hydrogen-bond donors (Lipinski definition) is 0. The first kappa shape index (κ1) is 20.6. The minimum absolute atomic E-state index is 0.0750. The van der Waals surface area contributed by atoms with E-state index in [-0.39, 0.29) is 31.1 Å². The van der Waals surface area contributed by atoms with Crippen LogP contribution in [0.4, 0.5) is 5.69 Å². The number of ether oxygens (including phenoxy) is 2. The first-order chi connectivity index (χ1) is 12.0. The van der Waals surface area contributed by atoms with Crippen molar-refractivity contribution in [3.63, 3.8) is 0 Å². The SMILES string of the molecule is CCCCCCOC(=O)CCCC(=O)OCc1ccccc1[N+](=O)[O-]. The third-order valence-electron chi connectivity index (χ3n) is 3.60. The van der Waals surface area contributed by atoms with Gasteiger partial charge in [0.2, 0.25) is 0 Å². The number of carbonyl (C=O) groups is 2. The smallest absolute Gasteiger partial charge is 0.306 e. The largest absolute Gasteiger partial charge is 0.466 e. The Morgan fingerprint density at radius 2 is 1.68 bits per heavy atom. The Hall–Kier alpha value is -2.44. The lowest BCUT2D eigenvalue weighted by Gasteiger charge is -2.06. The Bertz CT molecular complexity index is 572. The van der Waals surface area contributed by atoms with Crippen LogP contribution in [0.3, 0.4) is 0 Å². The van der Waals surface area contributed by atoms with E-state index in [0.29, 0.717) is 18.6 Å². The van der Waals surface area contributed by atoms with Gasteiger partial charge in [0.05, 0.1) is 17.1 Å². The van der Waals surface area contributed by atoms with E-state index in [9.17, 15) is 19.7 Å². The number of benzene rings is 1. The maximum atomic E-state index is 11.7. The highest BCUT2D eigenvalue weighted by Crippen LogP contribution is 2.18. The molecule has 0 unspecified atom stereocenters. The van der Waals surface area contributed by atoms with Gasteiger partial charge in [0.15, 0.2) is 0 Å². The molecule has 0 heterocycles. The van der Waals surface area contributed by atoms with Gasteiger partial charge >= 0.3 is 11.9 Å². The van der Waals surface area contributed by atoms with E-state index >= 15 is 0 Å². The van der Waals surface area contributed by atoms with Crippen molar-refractivity contribution in [2.45, 2.75) is 58.5 Å². The highest BCUT2D eigenvalue weighted by atomic mass is 16.6. The molecule has 0 bridgehead atoms. The Kier molecular flexibility index (Phi) is 9.89. The van der Waals surface area contributed by atoms with E-state index in [0.717, 1.165) is 25.7 Å². The molecule has 0 amide bonds. The highest BCUT2D eigenvalue weighted by Gasteiger charge is 2.14. The maximum absolute atomic E-state index is 11.7. The van der Waals surface area contributed by atoms with Crippen LogP contribution in [-0.2, 0) is 25.7 Å². The summed E-state index contributed by atoms with van der Waals surface area (Å²) in [6.07, 6.45) is 4.73. The van der Waals surface area contributed by atoms with Gasteiger partial charge in [0.1, 0.15) is 6.61 Å². The van der Waals surface area contributed by atoms with Crippen LogP contribution in [0.25, 0.3) is 0 Å². The minimum Gasteiger partial charge on any atom is -0.466 e. The molecule has 0 aliphatic heterocycles. The molecular weight excluding hydrogens is 326 g/mol. The Labute approximate surface area is 147 Å². The van der Waals surface area contributed by atoms with Gasteiger partial charge in [-0.2, -0.15) is 0 Å². The maximum Gasteiger partial charge on any atom is 0.306 e. The topological polar surface area (TPSA) is 95.7 Å². The average Bonchev–Trinajstić information content (AvgIpc) is 2.60.